The molecule has 0 spiro atoms. The Morgan fingerprint density at radius 2 is 0.964 bits per heavy atom. The molecular weight excluding hydrogens is 404 g/mol. The SMILES string of the molecule is C1=Cc2cc3ccc(cc4ccc(cc5nc(cc1n2)C=C5)[nH]4)[nH]3.O=[C-]O.[Cu+]. The Labute approximate surface area is 171 Å². The molecule has 0 aliphatic carbocycles. The molecular formula is C21H15CuN4O2. The maximum atomic E-state index is 8.24. The third kappa shape index (κ3) is 4.46. The van der Waals surface area contributed by atoms with Crippen LogP contribution in [0.1, 0.15) is 22.8 Å². The number of aromatic nitrogens is 4. The summed E-state index contributed by atoms with van der Waals surface area (Å²) in [6.45, 7) is 0.500. The van der Waals surface area contributed by atoms with Crippen molar-refractivity contribution in [1.29, 1.82) is 0 Å². The number of nitrogens with one attached hydrogen (secondary N) is 2. The van der Waals surface area contributed by atoms with Crippen molar-refractivity contribution in [2.24, 2.45) is 0 Å². The van der Waals surface area contributed by atoms with Gasteiger partial charge in [0.25, 0.3) is 0 Å². The Hall–Kier alpha value is -3.41. The average molecular weight is 419 g/mol. The minimum atomic E-state index is 0. The van der Waals surface area contributed by atoms with Gasteiger partial charge in [0.1, 0.15) is 0 Å². The average Bonchev–Trinajstić information content (AvgIpc) is 3.41. The van der Waals surface area contributed by atoms with Crippen LogP contribution in [0.25, 0.3) is 46.4 Å². The van der Waals surface area contributed by atoms with Crippen molar-refractivity contribution in [3.05, 3.63) is 71.3 Å². The fourth-order valence-electron chi connectivity index (χ4n) is 2.94. The van der Waals surface area contributed by atoms with E-state index in [1.165, 1.54) is 0 Å². The second kappa shape index (κ2) is 8.52. The molecule has 0 radical (unpaired) electrons. The molecule has 6 nitrogen and oxygen atoms in total. The van der Waals surface area contributed by atoms with Gasteiger partial charge in [-0.05, 0) is 72.8 Å². The van der Waals surface area contributed by atoms with Crippen molar-refractivity contribution in [2.75, 3.05) is 0 Å². The molecule has 3 aromatic heterocycles. The Morgan fingerprint density at radius 1 is 0.643 bits per heavy atom. The normalized spacial score (nSPS) is 11.3. The number of aromatic amines is 2. The van der Waals surface area contributed by atoms with E-state index >= 15 is 0 Å². The molecule has 3 N–H and O–H groups in total. The fraction of sp³-hybridized carbons (Fsp3) is 0. The van der Waals surface area contributed by atoms with E-state index in [1.54, 1.807) is 0 Å². The van der Waals surface area contributed by atoms with Gasteiger partial charge in [-0.2, -0.15) is 0 Å². The first-order valence-electron chi connectivity index (χ1n) is 8.27. The van der Waals surface area contributed by atoms with Gasteiger partial charge < -0.3 is 19.9 Å². The van der Waals surface area contributed by atoms with Gasteiger partial charge in [-0.15, -0.1) is 0 Å². The van der Waals surface area contributed by atoms with Gasteiger partial charge in [-0.3, -0.25) is 0 Å². The van der Waals surface area contributed by atoms with E-state index < -0.39 is 0 Å². The molecule has 0 aromatic carbocycles. The summed E-state index contributed by atoms with van der Waals surface area (Å²) in [6.07, 6.45) is 8.05. The number of hydrogen-bond acceptors (Lipinski definition) is 3. The number of fused-ring (bicyclic) bond motifs is 8. The van der Waals surface area contributed by atoms with Gasteiger partial charge in [0.2, 0.25) is 0 Å². The van der Waals surface area contributed by atoms with E-state index in [-0.39, 0.29) is 17.1 Å². The van der Waals surface area contributed by atoms with Crippen LogP contribution in [0.4, 0.5) is 0 Å². The molecule has 2 aliphatic heterocycles. The second-order valence-corrected chi connectivity index (χ2v) is 6.00. The van der Waals surface area contributed by atoms with Gasteiger partial charge in [0, 0.05) is 22.1 Å². The third-order valence-electron chi connectivity index (χ3n) is 4.04. The van der Waals surface area contributed by atoms with Gasteiger partial charge in [0.15, 0.2) is 0 Å². The summed E-state index contributed by atoms with van der Waals surface area (Å²) in [5.41, 5.74) is 7.86. The summed E-state index contributed by atoms with van der Waals surface area (Å²) in [5.74, 6) is 0. The maximum absolute atomic E-state index is 8.24. The number of aliphatic hydroxyl groups excluding tert-OH is 1. The minimum absolute atomic E-state index is 0. The number of rotatable bonds is 0. The van der Waals surface area contributed by atoms with Crippen LogP contribution in [0.3, 0.4) is 0 Å². The Balaban J connectivity index is 0.000000531. The van der Waals surface area contributed by atoms with Crippen molar-refractivity contribution in [1.82, 2.24) is 19.9 Å². The molecule has 3 aromatic rings. The van der Waals surface area contributed by atoms with Crippen LogP contribution in [0.2, 0.25) is 0 Å². The van der Waals surface area contributed by atoms with E-state index in [1.807, 2.05) is 42.5 Å². The van der Waals surface area contributed by atoms with Crippen LogP contribution in [-0.2, 0) is 21.9 Å². The van der Waals surface area contributed by atoms with Crippen molar-refractivity contribution < 1.29 is 27.0 Å². The first-order chi connectivity index (χ1) is 13.2. The zero-order chi connectivity index (χ0) is 18.6. The molecule has 28 heavy (non-hydrogen) atoms. The zero-order valence-corrected chi connectivity index (χ0v) is 15.4. The quantitative estimate of drug-likeness (QED) is 0.258. The molecule has 7 heteroatoms. The minimum Gasteiger partial charge on any atom is -0.665 e. The summed E-state index contributed by atoms with van der Waals surface area (Å²) in [6, 6.07) is 16.4. The Bertz CT molecular complexity index is 1130. The molecule has 0 saturated carbocycles. The monoisotopic (exact) mass is 418 g/mol. The number of nitrogens with zero attached hydrogens (tertiary/aromatic N) is 2. The van der Waals surface area contributed by atoms with Crippen LogP contribution in [0, 0.1) is 0 Å². The van der Waals surface area contributed by atoms with Gasteiger partial charge in [0.05, 0.1) is 22.8 Å². The van der Waals surface area contributed by atoms with E-state index in [0.29, 0.717) is 6.47 Å². The standard InChI is InChI=1S/C20H14N4.CHO2.Cu/c1-2-14-10-16-5-6-18(23-16)12-20-8-7-19(24-20)11-17-4-3-15(22-17)9-13(1)21-14;2-1-3;/h1-12,21-22H;(H,2,3);/q;-1;+1. The van der Waals surface area contributed by atoms with Crippen LogP contribution in [0.5, 0.6) is 0 Å². The van der Waals surface area contributed by atoms with E-state index in [9.17, 15) is 0 Å². The summed E-state index contributed by atoms with van der Waals surface area (Å²) in [4.78, 5) is 24.3. The number of H-pyrrole nitrogens is 2. The van der Waals surface area contributed by atoms with E-state index in [0.717, 1.165) is 44.8 Å². The van der Waals surface area contributed by atoms with Gasteiger partial charge >= 0.3 is 17.1 Å². The van der Waals surface area contributed by atoms with E-state index in [2.05, 4.69) is 50.3 Å². The summed E-state index contributed by atoms with van der Waals surface area (Å²) in [5, 5.41) is 6.76. The van der Waals surface area contributed by atoms with Crippen molar-refractivity contribution in [3.8, 4) is 0 Å². The molecule has 0 unspecified atom stereocenters. The molecule has 8 bridgehead atoms. The largest absolute Gasteiger partial charge is 1.00 e. The molecule has 0 fully saturated rings. The molecule has 0 atom stereocenters. The summed E-state index contributed by atoms with van der Waals surface area (Å²) < 4.78 is 0. The van der Waals surface area contributed by atoms with Crippen LogP contribution >= 0.6 is 0 Å². The van der Waals surface area contributed by atoms with E-state index in [4.69, 9.17) is 9.90 Å². The first kappa shape index (κ1) is 19.4. The predicted octanol–water partition coefficient (Wildman–Crippen LogP) is 4.26. The molecule has 0 saturated heterocycles. The van der Waals surface area contributed by atoms with Gasteiger partial charge in [-0.25, -0.2) is 9.97 Å². The molecule has 5 rings (SSSR count). The smallest absolute Gasteiger partial charge is 0.665 e. The predicted molar refractivity (Wildman–Crippen MR) is 107 cm³/mol. The van der Waals surface area contributed by atoms with Crippen molar-refractivity contribution >= 4 is 52.8 Å². The number of hydrogen-bond donors (Lipinski definition) is 3. The molecule has 142 valence electrons. The fourth-order valence-corrected chi connectivity index (χ4v) is 2.94. The summed E-state index contributed by atoms with van der Waals surface area (Å²) in [7, 11) is 0. The Kier molecular flexibility index (Phi) is 5.89. The van der Waals surface area contributed by atoms with Crippen LogP contribution < -0.4 is 0 Å². The summed E-state index contributed by atoms with van der Waals surface area (Å²) >= 11 is 0. The van der Waals surface area contributed by atoms with Crippen LogP contribution in [0.15, 0.2) is 48.5 Å². The van der Waals surface area contributed by atoms with Crippen molar-refractivity contribution in [3.63, 3.8) is 0 Å². The zero-order valence-electron chi connectivity index (χ0n) is 14.5. The third-order valence-corrected chi connectivity index (χ3v) is 4.04. The molecule has 5 heterocycles. The molecule has 2 aliphatic rings. The topological polar surface area (TPSA) is 94.7 Å². The Morgan fingerprint density at radius 3 is 1.36 bits per heavy atom. The van der Waals surface area contributed by atoms with Gasteiger partial charge in [-0.1, -0.05) is 6.47 Å². The molecule has 0 amide bonds. The van der Waals surface area contributed by atoms with Crippen LogP contribution in [-0.4, -0.2) is 31.5 Å². The van der Waals surface area contributed by atoms with Crippen molar-refractivity contribution in [2.45, 2.75) is 0 Å². The second-order valence-electron chi connectivity index (χ2n) is 6.00. The first-order valence-corrected chi connectivity index (χ1v) is 8.27. The maximum Gasteiger partial charge on any atom is 1.00 e.